The standard InChI is InChI=1S/C13H18N2O3S/c1-19(17,18)12-6-4-11(5-7-12)10-14-13(16)15-8-2-3-9-15/h4-7H,2-3,8-10H2,1H3,(H,14,16). The maximum Gasteiger partial charge on any atom is 0.317 e. The van der Waals surface area contributed by atoms with Crippen molar-refractivity contribution in [2.24, 2.45) is 0 Å². The Bertz CT molecular complexity index is 546. The van der Waals surface area contributed by atoms with Gasteiger partial charge in [-0.25, -0.2) is 13.2 Å². The molecule has 0 aliphatic carbocycles. The van der Waals surface area contributed by atoms with Gasteiger partial charge in [-0.1, -0.05) is 12.1 Å². The van der Waals surface area contributed by atoms with Crippen LogP contribution in [0.25, 0.3) is 0 Å². The van der Waals surface area contributed by atoms with Gasteiger partial charge in [-0.2, -0.15) is 0 Å². The molecule has 1 aromatic rings. The third-order valence-corrected chi connectivity index (χ3v) is 4.32. The second-order valence-corrected chi connectivity index (χ2v) is 6.78. The SMILES string of the molecule is CS(=O)(=O)c1ccc(CNC(=O)N2CCCC2)cc1. The van der Waals surface area contributed by atoms with Crippen molar-refractivity contribution in [1.82, 2.24) is 10.2 Å². The second-order valence-electron chi connectivity index (χ2n) is 4.77. The van der Waals surface area contributed by atoms with Crippen LogP contribution in [0.5, 0.6) is 0 Å². The topological polar surface area (TPSA) is 66.5 Å². The number of carbonyl (C=O) groups is 1. The number of amides is 2. The third kappa shape index (κ3) is 3.70. The van der Waals surface area contributed by atoms with Gasteiger partial charge in [0.05, 0.1) is 4.90 Å². The fourth-order valence-electron chi connectivity index (χ4n) is 2.06. The molecule has 5 nitrogen and oxygen atoms in total. The first-order valence-electron chi connectivity index (χ1n) is 6.28. The summed E-state index contributed by atoms with van der Waals surface area (Å²) < 4.78 is 22.6. The van der Waals surface area contributed by atoms with E-state index in [1.165, 1.54) is 6.26 Å². The lowest BCUT2D eigenvalue weighted by atomic mass is 10.2. The molecule has 1 aliphatic rings. The maximum atomic E-state index is 11.8. The van der Waals surface area contributed by atoms with Crippen molar-refractivity contribution in [2.45, 2.75) is 24.3 Å². The zero-order chi connectivity index (χ0) is 13.9. The smallest absolute Gasteiger partial charge is 0.317 e. The van der Waals surface area contributed by atoms with Crippen LogP contribution in [0.2, 0.25) is 0 Å². The number of nitrogens with zero attached hydrogens (tertiary/aromatic N) is 1. The molecule has 19 heavy (non-hydrogen) atoms. The Kier molecular flexibility index (Phi) is 4.09. The van der Waals surface area contributed by atoms with Gasteiger partial charge in [0.15, 0.2) is 9.84 Å². The minimum atomic E-state index is -3.16. The first kappa shape index (κ1) is 13.9. The third-order valence-electron chi connectivity index (χ3n) is 3.19. The summed E-state index contributed by atoms with van der Waals surface area (Å²) in [5.41, 5.74) is 0.889. The van der Waals surface area contributed by atoms with E-state index >= 15 is 0 Å². The fraction of sp³-hybridized carbons (Fsp3) is 0.462. The molecule has 1 aliphatic heterocycles. The molecule has 0 spiro atoms. The average Bonchev–Trinajstić information content (AvgIpc) is 2.89. The highest BCUT2D eigenvalue weighted by atomic mass is 32.2. The Balaban J connectivity index is 1.91. The quantitative estimate of drug-likeness (QED) is 0.911. The van der Waals surface area contributed by atoms with Crippen molar-refractivity contribution in [3.63, 3.8) is 0 Å². The Morgan fingerprint density at radius 3 is 2.32 bits per heavy atom. The molecule has 1 N–H and O–H groups in total. The molecule has 1 heterocycles. The summed E-state index contributed by atoms with van der Waals surface area (Å²) in [6, 6.07) is 6.52. The summed E-state index contributed by atoms with van der Waals surface area (Å²) in [7, 11) is -3.16. The number of likely N-dealkylation sites (tertiary alicyclic amines) is 1. The second kappa shape index (κ2) is 5.61. The summed E-state index contributed by atoms with van der Waals surface area (Å²) in [6.07, 6.45) is 3.31. The van der Waals surface area contributed by atoms with Gasteiger partial charge in [-0.15, -0.1) is 0 Å². The molecule has 0 atom stereocenters. The number of rotatable bonds is 3. The summed E-state index contributed by atoms with van der Waals surface area (Å²) >= 11 is 0. The van der Waals surface area contributed by atoms with Gasteiger partial charge >= 0.3 is 6.03 Å². The van der Waals surface area contributed by atoms with E-state index in [0.717, 1.165) is 31.5 Å². The van der Waals surface area contributed by atoms with Crippen LogP contribution in [-0.4, -0.2) is 38.7 Å². The van der Waals surface area contributed by atoms with Crippen molar-refractivity contribution in [1.29, 1.82) is 0 Å². The van der Waals surface area contributed by atoms with Crippen LogP contribution in [0.15, 0.2) is 29.2 Å². The van der Waals surface area contributed by atoms with Crippen molar-refractivity contribution < 1.29 is 13.2 Å². The van der Waals surface area contributed by atoms with Gasteiger partial charge in [0.25, 0.3) is 0 Å². The molecule has 0 radical (unpaired) electrons. The Morgan fingerprint density at radius 1 is 1.21 bits per heavy atom. The van der Waals surface area contributed by atoms with Crippen LogP contribution >= 0.6 is 0 Å². The number of carbonyl (C=O) groups excluding carboxylic acids is 1. The number of hydrogen-bond acceptors (Lipinski definition) is 3. The van der Waals surface area contributed by atoms with Crippen LogP contribution in [0.1, 0.15) is 18.4 Å². The molecule has 1 fully saturated rings. The Labute approximate surface area is 113 Å². The number of benzene rings is 1. The van der Waals surface area contributed by atoms with Crippen molar-refractivity contribution in [3.8, 4) is 0 Å². The predicted octanol–water partition coefficient (Wildman–Crippen LogP) is 1.40. The minimum absolute atomic E-state index is 0.0512. The van der Waals surface area contributed by atoms with E-state index in [2.05, 4.69) is 5.32 Å². The fourth-order valence-corrected chi connectivity index (χ4v) is 2.69. The largest absolute Gasteiger partial charge is 0.334 e. The molecule has 2 rings (SSSR count). The zero-order valence-electron chi connectivity index (χ0n) is 10.9. The summed E-state index contributed by atoms with van der Waals surface area (Å²) in [4.78, 5) is 13.9. The molecule has 6 heteroatoms. The van der Waals surface area contributed by atoms with Crippen molar-refractivity contribution in [2.75, 3.05) is 19.3 Å². The highest BCUT2D eigenvalue weighted by Crippen LogP contribution is 2.11. The van der Waals surface area contributed by atoms with E-state index in [0.29, 0.717) is 11.4 Å². The Morgan fingerprint density at radius 2 is 1.79 bits per heavy atom. The lowest BCUT2D eigenvalue weighted by Gasteiger charge is -2.16. The van der Waals surface area contributed by atoms with Gasteiger partial charge in [0.2, 0.25) is 0 Å². The van der Waals surface area contributed by atoms with Crippen LogP contribution in [0, 0.1) is 0 Å². The molecule has 104 valence electrons. The lowest BCUT2D eigenvalue weighted by molar-refractivity contribution is 0.208. The summed E-state index contributed by atoms with van der Waals surface area (Å²) in [6.45, 7) is 2.05. The highest BCUT2D eigenvalue weighted by Gasteiger charge is 2.17. The zero-order valence-corrected chi connectivity index (χ0v) is 11.7. The van der Waals surface area contributed by atoms with Gasteiger partial charge < -0.3 is 10.2 Å². The summed E-state index contributed by atoms with van der Waals surface area (Å²) in [5, 5.41) is 2.84. The molecule has 0 unspecified atom stereocenters. The van der Waals surface area contributed by atoms with Crippen molar-refractivity contribution >= 4 is 15.9 Å². The predicted molar refractivity (Wildman–Crippen MR) is 72.6 cm³/mol. The molecule has 0 saturated carbocycles. The number of urea groups is 1. The average molecular weight is 282 g/mol. The summed E-state index contributed by atoms with van der Waals surface area (Å²) in [5.74, 6) is 0. The van der Waals surface area contributed by atoms with Crippen molar-refractivity contribution in [3.05, 3.63) is 29.8 Å². The minimum Gasteiger partial charge on any atom is -0.334 e. The van der Waals surface area contributed by atoms with E-state index < -0.39 is 9.84 Å². The van der Waals surface area contributed by atoms with E-state index in [1.807, 2.05) is 0 Å². The molecular formula is C13H18N2O3S. The lowest BCUT2D eigenvalue weighted by Crippen LogP contribution is -2.37. The highest BCUT2D eigenvalue weighted by molar-refractivity contribution is 7.90. The molecule has 0 aromatic heterocycles. The maximum absolute atomic E-state index is 11.8. The number of hydrogen-bond donors (Lipinski definition) is 1. The van der Waals surface area contributed by atoms with E-state index in [-0.39, 0.29) is 6.03 Å². The van der Waals surface area contributed by atoms with Crippen LogP contribution < -0.4 is 5.32 Å². The van der Waals surface area contributed by atoms with E-state index in [1.54, 1.807) is 29.2 Å². The van der Waals surface area contributed by atoms with Gasteiger partial charge in [-0.3, -0.25) is 0 Å². The first-order chi connectivity index (χ1) is 8.97. The Hall–Kier alpha value is -1.56. The van der Waals surface area contributed by atoms with E-state index in [9.17, 15) is 13.2 Å². The van der Waals surface area contributed by atoms with Gasteiger partial charge in [0.1, 0.15) is 0 Å². The molecular weight excluding hydrogens is 264 g/mol. The van der Waals surface area contributed by atoms with Crippen LogP contribution in [-0.2, 0) is 16.4 Å². The van der Waals surface area contributed by atoms with Crippen LogP contribution in [0.3, 0.4) is 0 Å². The monoisotopic (exact) mass is 282 g/mol. The molecule has 2 amide bonds. The van der Waals surface area contributed by atoms with Gasteiger partial charge in [-0.05, 0) is 30.5 Å². The molecule has 0 bridgehead atoms. The number of nitrogens with one attached hydrogen (secondary N) is 1. The molecule has 1 saturated heterocycles. The van der Waals surface area contributed by atoms with Gasteiger partial charge in [0, 0.05) is 25.9 Å². The number of sulfone groups is 1. The molecule has 1 aromatic carbocycles. The van der Waals surface area contributed by atoms with E-state index in [4.69, 9.17) is 0 Å². The normalized spacial score (nSPS) is 15.5. The first-order valence-corrected chi connectivity index (χ1v) is 8.18. The van der Waals surface area contributed by atoms with Crippen LogP contribution in [0.4, 0.5) is 4.79 Å².